The zero-order valence-electron chi connectivity index (χ0n) is 28.0. The van der Waals surface area contributed by atoms with Crippen molar-refractivity contribution in [2.75, 3.05) is 0 Å². The van der Waals surface area contributed by atoms with E-state index in [-0.39, 0.29) is 165 Å². The Kier molecular flexibility index (Phi) is 24.5. The van der Waals surface area contributed by atoms with Gasteiger partial charge < -0.3 is 19.0 Å². The van der Waals surface area contributed by atoms with E-state index in [1.807, 2.05) is 45.3 Å². The molecule has 0 amide bonds. The standard InChI is InChI=1S/C13H12S2.2C12H9S2.4CH4.H2O.2Rb.H2S/c1-7-6-11-9(3)12-10(4-5-14-12)8(2)13(11)15-7;2*1-7-5-9-6-11-10(3-4-13-11)8(2)12(9)14-7;;;;;;;;/h4-6H,1-3H3;2*3-5H,1-2H3;4*1H4;1H2;;;1H2/q;2*-1;;;;;;2*+1;/p-2. The zero-order valence-corrected chi connectivity index (χ0v) is 43.7. The molecule has 1 N–H and O–H groups in total. The molecule has 0 aliphatic carbocycles. The summed E-state index contributed by atoms with van der Waals surface area (Å²) in [7, 11) is 0. The van der Waals surface area contributed by atoms with Gasteiger partial charge in [-0.2, -0.15) is 22.7 Å². The Morgan fingerprint density at radius 2 is 0.784 bits per heavy atom. The predicted octanol–water partition coefficient (Wildman–Crippen LogP) is 10.2. The zero-order chi connectivity index (χ0) is 30.0. The van der Waals surface area contributed by atoms with Crippen molar-refractivity contribution in [3.8, 4) is 0 Å². The fourth-order valence-corrected chi connectivity index (χ4v) is 11.6. The van der Waals surface area contributed by atoms with Gasteiger partial charge in [-0.25, -0.2) is 22.7 Å². The third-order valence-electron chi connectivity index (χ3n) is 8.04. The number of thiophene rings is 6. The maximum Gasteiger partial charge on any atom is 1.00 e. The number of aryl methyl sites for hydroxylation is 7. The van der Waals surface area contributed by atoms with Crippen molar-refractivity contribution in [3.63, 3.8) is 0 Å². The maximum atomic E-state index is 3.48. The molecule has 0 fully saturated rings. The summed E-state index contributed by atoms with van der Waals surface area (Å²) in [6, 6.07) is 20.4. The van der Waals surface area contributed by atoms with E-state index in [9.17, 15) is 0 Å². The van der Waals surface area contributed by atoms with Crippen molar-refractivity contribution < 1.29 is 122 Å². The predicted molar refractivity (Wildman–Crippen MR) is 240 cm³/mol. The molecule has 0 radical (unpaired) electrons. The monoisotopic (exact) mass is 950 g/mol. The average Bonchev–Trinajstić information content (AvgIpc) is 3.80. The molecule has 0 unspecified atom stereocenters. The van der Waals surface area contributed by atoms with E-state index in [1.54, 1.807) is 22.7 Å². The van der Waals surface area contributed by atoms with E-state index in [2.05, 4.69) is 113 Å². The first kappa shape index (κ1) is 54.4. The van der Waals surface area contributed by atoms with Gasteiger partial charge >= 0.3 is 116 Å². The second-order valence-electron chi connectivity index (χ2n) is 11.0. The Labute approximate surface area is 435 Å². The average molecular weight is 952 g/mol. The molecule has 9 aromatic rings. The van der Waals surface area contributed by atoms with Gasteiger partial charge in [0, 0.05) is 14.3 Å². The number of hydrogen-bond donors (Lipinski definition) is 0. The molecule has 3 aromatic carbocycles. The number of fused-ring (bicyclic) bond motifs is 6. The van der Waals surface area contributed by atoms with Crippen LogP contribution in [0.2, 0.25) is 0 Å². The van der Waals surface area contributed by atoms with Crippen LogP contribution in [0.4, 0.5) is 0 Å². The fourth-order valence-electron chi connectivity index (χ4n) is 5.87. The van der Waals surface area contributed by atoms with Gasteiger partial charge in [0.05, 0.1) is 0 Å². The van der Waals surface area contributed by atoms with E-state index in [1.165, 1.54) is 97.4 Å². The molecule has 6 aromatic heterocycles. The third kappa shape index (κ3) is 10.8. The third-order valence-corrected chi connectivity index (χ3v) is 14.2. The van der Waals surface area contributed by atoms with Crippen LogP contribution in [-0.2, 0) is 13.5 Å². The number of thiol groups is 1. The van der Waals surface area contributed by atoms with Crippen LogP contribution in [0.1, 0.15) is 66.6 Å². The van der Waals surface area contributed by atoms with Crippen molar-refractivity contribution in [2.45, 2.75) is 78.2 Å². The fraction of sp³-hybridized carbons (Fsp3) is 0.268. The van der Waals surface area contributed by atoms with Crippen molar-refractivity contribution in [2.24, 2.45) is 0 Å². The molecule has 51 heavy (non-hydrogen) atoms. The van der Waals surface area contributed by atoms with Crippen LogP contribution in [0.3, 0.4) is 0 Å². The van der Waals surface area contributed by atoms with Gasteiger partial charge in [0.25, 0.3) is 0 Å². The molecule has 0 aliphatic heterocycles. The first-order valence-corrected chi connectivity index (χ1v) is 19.2. The molecule has 10 heteroatoms. The SMILES string of the molecule is C.C.C.C.Cc1cc2[c-]c3sccc3c(C)c2s1.Cc1cc2[c-]c3sccc3c(C)c2s1.Cc1cc2c(C)c3sccc3c(C)c2s1.[OH-].[Rb+].[Rb+].[SH-]. The number of rotatable bonds is 0. The summed E-state index contributed by atoms with van der Waals surface area (Å²) >= 11 is 11.1. The molecule has 0 atom stereocenters. The molecule has 0 spiro atoms. The Morgan fingerprint density at radius 1 is 0.431 bits per heavy atom. The van der Waals surface area contributed by atoms with E-state index < -0.39 is 0 Å². The Balaban J connectivity index is 0. The van der Waals surface area contributed by atoms with E-state index in [0.717, 1.165) is 0 Å². The minimum absolute atomic E-state index is 0. The molecule has 6 heterocycles. The van der Waals surface area contributed by atoms with E-state index in [0.29, 0.717) is 0 Å². The van der Waals surface area contributed by atoms with Gasteiger partial charge in [-0.15, -0.1) is 68.8 Å². The Morgan fingerprint density at radius 3 is 1.25 bits per heavy atom. The first-order valence-electron chi connectivity index (χ1n) is 14.1. The molecule has 0 saturated heterocycles. The second kappa shape index (κ2) is 22.9. The van der Waals surface area contributed by atoms with Gasteiger partial charge in [0.15, 0.2) is 0 Å². The van der Waals surface area contributed by atoms with Crippen molar-refractivity contribution >= 4 is 142 Å². The molecule has 9 rings (SSSR count). The van der Waals surface area contributed by atoms with Crippen LogP contribution in [0, 0.1) is 60.6 Å². The van der Waals surface area contributed by atoms with Crippen LogP contribution in [0.25, 0.3) is 60.5 Å². The summed E-state index contributed by atoms with van der Waals surface area (Å²) in [5.74, 6) is 0. The maximum absolute atomic E-state index is 3.48. The molecular formula is C41H48ORb2S7-2. The van der Waals surface area contributed by atoms with Crippen molar-refractivity contribution in [1.29, 1.82) is 0 Å². The normalized spacial score (nSPS) is 9.78. The van der Waals surface area contributed by atoms with Gasteiger partial charge in [0.1, 0.15) is 0 Å². The summed E-state index contributed by atoms with van der Waals surface area (Å²) in [5.41, 5.74) is 5.72. The van der Waals surface area contributed by atoms with Gasteiger partial charge in [-0.1, -0.05) is 75.9 Å². The van der Waals surface area contributed by atoms with Crippen LogP contribution in [0.15, 0.2) is 52.5 Å². The Bertz CT molecular complexity index is 2280. The molecule has 0 aliphatic rings. The van der Waals surface area contributed by atoms with Gasteiger partial charge in [-0.3, -0.25) is 0 Å². The van der Waals surface area contributed by atoms with Crippen LogP contribution in [0.5, 0.6) is 0 Å². The summed E-state index contributed by atoms with van der Waals surface area (Å²) in [6.07, 6.45) is 0. The quantitative estimate of drug-likeness (QED) is 0.0862. The number of hydrogen-bond acceptors (Lipinski definition) is 8. The van der Waals surface area contributed by atoms with Crippen LogP contribution in [-0.4, -0.2) is 5.48 Å². The second-order valence-corrected chi connectivity index (χ2v) is 17.6. The smallest absolute Gasteiger partial charge is 0.870 e. The van der Waals surface area contributed by atoms with Crippen molar-refractivity contribution in [1.82, 2.24) is 0 Å². The number of benzene rings is 3. The topological polar surface area (TPSA) is 30.0 Å². The molecule has 0 bridgehead atoms. The molecule has 264 valence electrons. The molecule has 1 nitrogen and oxygen atoms in total. The molecule has 0 saturated carbocycles. The largest absolute Gasteiger partial charge is 1.00 e. The van der Waals surface area contributed by atoms with Crippen LogP contribution >= 0.6 is 68.0 Å². The summed E-state index contributed by atoms with van der Waals surface area (Å²) in [5, 5.41) is 14.7. The van der Waals surface area contributed by atoms with Gasteiger partial charge in [-0.05, 0) is 104 Å². The minimum Gasteiger partial charge on any atom is -0.870 e. The molecular weight excluding hydrogens is 904 g/mol. The summed E-state index contributed by atoms with van der Waals surface area (Å²) < 4.78 is 8.29. The summed E-state index contributed by atoms with van der Waals surface area (Å²) in [6.45, 7) is 15.4. The van der Waals surface area contributed by atoms with Gasteiger partial charge in [0.2, 0.25) is 0 Å². The first-order chi connectivity index (χ1) is 20.7. The van der Waals surface area contributed by atoms with Crippen LogP contribution < -0.4 is 116 Å². The van der Waals surface area contributed by atoms with E-state index >= 15 is 0 Å². The Hall–Kier alpha value is 1.34. The summed E-state index contributed by atoms with van der Waals surface area (Å²) in [4.78, 5) is 4.16. The minimum atomic E-state index is 0. The van der Waals surface area contributed by atoms with E-state index in [4.69, 9.17) is 0 Å². The van der Waals surface area contributed by atoms with Crippen molar-refractivity contribution in [3.05, 3.63) is 102 Å².